The zero-order valence-electron chi connectivity index (χ0n) is 17.2. The molecule has 162 valence electrons. The van der Waals surface area contributed by atoms with Gasteiger partial charge in [-0.3, -0.25) is 9.79 Å². The van der Waals surface area contributed by atoms with Gasteiger partial charge in [-0.2, -0.15) is 0 Å². The Morgan fingerprint density at radius 1 is 1.20 bits per heavy atom. The largest absolute Gasteiger partial charge is 0.484 e. The number of benzene rings is 2. The van der Waals surface area contributed by atoms with E-state index in [1.165, 1.54) is 0 Å². The lowest BCUT2D eigenvalue weighted by Crippen LogP contribution is -2.38. The van der Waals surface area contributed by atoms with Crippen LogP contribution in [0, 0.1) is 0 Å². The van der Waals surface area contributed by atoms with Crippen molar-refractivity contribution in [1.82, 2.24) is 15.5 Å². The number of nitrogens with one attached hydrogen (secondary N) is 2. The molecule has 1 fully saturated rings. The fourth-order valence-electron chi connectivity index (χ4n) is 2.90. The topological polar surface area (TPSA) is 66.0 Å². The van der Waals surface area contributed by atoms with Crippen molar-refractivity contribution in [2.75, 3.05) is 20.7 Å². The highest BCUT2D eigenvalue weighted by atomic mass is 127. The van der Waals surface area contributed by atoms with Gasteiger partial charge in [-0.05, 0) is 48.2 Å². The van der Waals surface area contributed by atoms with Crippen molar-refractivity contribution in [3.63, 3.8) is 0 Å². The molecular weight excluding hydrogens is 515 g/mol. The molecule has 1 saturated carbocycles. The van der Waals surface area contributed by atoms with Gasteiger partial charge < -0.3 is 20.3 Å². The van der Waals surface area contributed by atoms with E-state index >= 15 is 0 Å². The summed E-state index contributed by atoms with van der Waals surface area (Å²) in [7, 11) is 3.75. The highest BCUT2D eigenvalue weighted by molar-refractivity contribution is 14.0. The van der Waals surface area contributed by atoms with Gasteiger partial charge in [0.1, 0.15) is 5.75 Å². The van der Waals surface area contributed by atoms with Crippen LogP contribution >= 0.6 is 35.6 Å². The maximum absolute atomic E-state index is 11.8. The number of rotatable bonds is 8. The van der Waals surface area contributed by atoms with Crippen molar-refractivity contribution in [3.05, 3.63) is 64.7 Å². The van der Waals surface area contributed by atoms with E-state index in [1.54, 1.807) is 7.05 Å². The number of aliphatic imine (C=N–C) groups is 1. The Morgan fingerprint density at radius 2 is 1.93 bits per heavy atom. The van der Waals surface area contributed by atoms with Crippen molar-refractivity contribution in [3.8, 4) is 5.75 Å². The summed E-state index contributed by atoms with van der Waals surface area (Å²) in [6, 6.07) is 15.9. The summed E-state index contributed by atoms with van der Waals surface area (Å²) in [5.41, 5.74) is 2.20. The number of guanidine groups is 1. The molecule has 0 atom stereocenters. The molecule has 30 heavy (non-hydrogen) atoms. The fraction of sp³-hybridized carbons (Fsp3) is 0.364. The van der Waals surface area contributed by atoms with Crippen molar-refractivity contribution in [2.45, 2.75) is 32.0 Å². The first-order valence-electron chi connectivity index (χ1n) is 9.71. The molecule has 2 aromatic rings. The van der Waals surface area contributed by atoms with Crippen molar-refractivity contribution in [1.29, 1.82) is 0 Å². The third-order valence-corrected chi connectivity index (χ3v) is 4.82. The Labute approximate surface area is 200 Å². The second-order valence-electron chi connectivity index (χ2n) is 7.16. The summed E-state index contributed by atoms with van der Waals surface area (Å²) in [6.45, 7) is 1.36. The van der Waals surface area contributed by atoms with Crippen molar-refractivity contribution >= 4 is 47.4 Å². The molecule has 0 unspecified atom stereocenters. The molecule has 0 spiro atoms. The van der Waals surface area contributed by atoms with E-state index in [1.807, 2.05) is 60.5 Å². The van der Waals surface area contributed by atoms with Gasteiger partial charge in [-0.1, -0.05) is 35.9 Å². The molecule has 1 amide bonds. The molecule has 0 bridgehead atoms. The summed E-state index contributed by atoms with van der Waals surface area (Å²) in [5.74, 6) is 1.40. The number of halogens is 2. The van der Waals surface area contributed by atoms with E-state index in [-0.39, 0.29) is 36.5 Å². The minimum atomic E-state index is -0.0692. The summed E-state index contributed by atoms with van der Waals surface area (Å²) in [6.07, 6.45) is 2.14. The van der Waals surface area contributed by atoms with Crippen LogP contribution < -0.4 is 15.4 Å². The van der Waals surface area contributed by atoms with E-state index in [0.717, 1.165) is 41.5 Å². The quantitative estimate of drug-likeness (QED) is 0.302. The molecule has 2 aromatic carbocycles. The van der Waals surface area contributed by atoms with E-state index in [4.69, 9.17) is 16.3 Å². The summed E-state index contributed by atoms with van der Waals surface area (Å²) in [5, 5.41) is 7.00. The van der Waals surface area contributed by atoms with Crippen LogP contribution in [0.3, 0.4) is 0 Å². The Kier molecular flexibility index (Phi) is 9.71. The van der Waals surface area contributed by atoms with Crippen LogP contribution in [0.2, 0.25) is 5.02 Å². The van der Waals surface area contributed by atoms with Crippen LogP contribution in [0.1, 0.15) is 24.0 Å². The predicted molar refractivity (Wildman–Crippen MR) is 132 cm³/mol. The maximum atomic E-state index is 11.8. The zero-order valence-corrected chi connectivity index (χ0v) is 20.3. The molecule has 6 nitrogen and oxygen atoms in total. The highest BCUT2D eigenvalue weighted by Crippen LogP contribution is 2.18. The molecule has 0 radical (unpaired) electrons. The number of carbonyl (C=O) groups excluding carboxylic acids is 1. The van der Waals surface area contributed by atoms with Crippen molar-refractivity contribution < 1.29 is 9.53 Å². The molecule has 0 aromatic heterocycles. The van der Waals surface area contributed by atoms with E-state index in [2.05, 4.69) is 15.6 Å². The summed E-state index contributed by atoms with van der Waals surface area (Å²) < 4.78 is 5.62. The lowest BCUT2D eigenvalue weighted by molar-refractivity contribution is -0.123. The van der Waals surface area contributed by atoms with Gasteiger partial charge in [0.15, 0.2) is 12.6 Å². The first-order valence-corrected chi connectivity index (χ1v) is 10.1. The van der Waals surface area contributed by atoms with Crippen LogP contribution in [-0.2, 0) is 17.9 Å². The SMILES string of the molecule is CN=C(NCc1cccc(OCC(=O)NC2CC2)c1)N(C)Cc1ccc(Cl)cc1.I. The molecule has 0 aliphatic heterocycles. The molecule has 1 aliphatic carbocycles. The average Bonchev–Trinajstić information content (AvgIpc) is 3.53. The Hall–Kier alpha value is -2.00. The third kappa shape index (κ3) is 8.02. The number of amides is 1. The van der Waals surface area contributed by atoms with Gasteiger partial charge in [-0.25, -0.2) is 0 Å². The van der Waals surface area contributed by atoms with Gasteiger partial charge in [-0.15, -0.1) is 24.0 Å². The van der Waals surface area contributed by atoms with Crippen LogP contribution in [0.15, 0.2) is 53.5 Å². The molecule has 0 heterocycles. The standard InChI is InChI=1S/C22H27ClN4O2.HI/c1-24-22(27(2)14-16-6-8-18(23)9-7-16)25-13-17-4-3-5-20(12-17)29-15-21(28)26-19-10-11-19;/h3-9,12,19H,10-11,13-15H2,1-2H3,(H,24,25)(H,26,28);1H. The second kappa shape index (κ2) is 12.0. The molecule has 2 N–H and O–H groups in total. The smallest absolute Gasteiger partial charge is 0.258 e. The molecule has 8 heteroatoms. The van der Waals surface area contributed by atoms with E-state index in [9.17, 15) is 4.79 Å². The third-order valence-electron chi connectivity index (χ3n) is 4.57. The van der Waals surface area contributed by atoms with Crippen LogP contribution in [-0.4, -0.2) is 43.5 Å². The van der Waals surface area contributed by atoms with Crippen LogP contribution in [0.4, 0.5) is 0 Å². The minimum Gasteiger partial charge on any atom is -0.484 e. The van der Waals surface area contributed by atoms with Gasteiger partial charge in [0.2, 0.25) is 0 Å². The highest BCUT2D eigenvalue weighted by Gasteiger charge is 2.23. The lowest BCUT2D eigenvalue weighted by atomic mass is 10.2. The molecule has 1 aliphatic rings. The number of nitrogens with zero attached hydrogens (tertiary/aromatic N) is 2. The van der Waals surface area contributed by atoms with Crippen molar-refractivity contribution in [2.24, 2.45) is 4.99 Å². The number of carbonyl (C=O) groups is 1. The first-order chi connectivity index (χ1) is 14.0. The fourth-order valence-corrected chi connectivity index (χ4v) is 3.02. The number of ether oxygens (including phenoxy) is 1. The Bertz CT molecular complexity index is 856. The normalized spacial score (nSPS) is 13.2. The predicted octanol–water partition coefficient (Wildman–Crippen LogP) is 3.82. The van der Waals surface area contributed by atoms with Gasteiger partial charge >= 0.3 is 0 Å². The maximum Gasteiger partial charge on any atom is 0.258 e. The minimum absolute atomic E-state index is 0. The molecule has 3 rings (SSSR count). The number of hydrogen-bond acceptors (Lipinski definition) is 3. The lowest BCUT2D eigenvalue weighted by Gasteiger charge is -2.22. The molecule has 0 saturated heterocycles. The second-order valence-corrected chi connectivity index (χ2v) is 7.60. The van der Waals surface area contributed by atoms with Gasteiger partial charge in [0, 0.05) is 38.2 Å². The molecular formula is C22H28ClIN4O2. The van der Waals surface area contributed by atoms with E-state index in [0.29, 0.717) is 18.3 Å². The van der Waals surface area contributed by atoms with Gasteiger partial charge in [0.25, 0.3) is 5.91 Å². The zero-order chi connectivity index (χ0) is 20.6. The average molecular weight is 543 g/mol. The van der Waals surface area contributed by atoms with Crippen LogP contribution in [0.25, 0.3) is 0 Å². The summed E-state index contributed by atoms with van der Waals surface area (Å²) in [4.78, 5) is 18.2. The number of hydrogen-bond donors (Lipinski definition) is 2. The Morgan fingerprint density at radius 3 is 2.60 bits per heavy atom. The van der Waals surface area contributed by atoms with Crippen LogP contribution in [0.5, 0.6) is 5.75 Å². The van der Waals surface area contributed by atoms with Gasteiger partial charge in [0.05, 0.1) is 0 Å². The first kappa shape index (κ1) is 24.3. The van der Waals surface area contributed by atoms with E-state index < -0.39 is 0 Å². The summed E-state index contributed by atoms with van der Waals surface area (Å²) >= 11 is 5.95. The Balaban J connectivity index is 0.00000320. The monoisotopic (exact) mass is 542 g/mol.